The fraction of sp³-hybridized carbons (Fsp3) is 0.0968. The van der Waals surface area contributed by atoms with Crippen molar-refractivity contribution in [3.05, 3.63) is 138 Å². The summed E-state index contributed by atoms with van der Waals surface area (Å²) in [7, 11) is 0. The Labute approximate surface area is 216 Å². The van der Waals surface area contributed by atoms with Gasteiger partial charge in [0, 0.05) is 47.9 Å². The average Bonchev–Trinajstić information content (AvgIpc) is 2.96. The molecular weight excluding hydrogens is 458 g/mol. The van der Waals surface area contributed by atoms with Crippen molar-refractivity contribution >= 4 is 17.5 Å². The van der Waals surface area contributed by atoms with E-state index in [-0.39, 0.29) is 11.8 Å². The number of aryl methyl sites for hydroxylation is 1. The topological polar surface area (TPSA) is 79.8 Å². The van der Waals surface area contributed by atoms with E-state index in [0.717, 1.165) is 33.6 Å². The minimum Gasteiger partial charge on any atom is -0.351 e. The lowest BCUT2D eigenvalue weighted by molar-refractivity contribution is 0.0952. The molecule has 0 saturated heterocycles. The summed E-state index contributed by atoms with van der Waals surface area (Å²) in [6.45, 7) is 2.47. The molecule has 0 fully saturated rings. The molecule has 2 N–H and O–H groups in total. The molecule has 6 heteroatoms. The Hall–Kier alpha value is -4.84. The van der Waals surface area contributed by atoms with Gasteiger partial charge in [0.25, 0.3) is 5.91 Å². The van der Waals surface area contributed by atoms with Gasteiger partial charge in [0.15, 0.2) is 0 Å². The molecule has 5 aromatic rings. The molecule has 1 amide bonds. The normalized spacial score (nSPS) is 10.8. The number of carbonyl (C=O) groups excluding carboxylic acids is 1. The van der Waals surface area contributed by atoms with Gasteiger partial charge in [0.1, 0.15) is 0 Å². The van der Waals surface area contributed by atoms with Gasteiger partial charge in [-0.25, -0.2) is 9.97 Å². The molecule has 2 heterocycles. The molecular formula is C31H27N5O. The maximum atomic E-state index is 13.2. The Morgan fingerprint density at radius 2 is 1.57 bits per heavy atom. The van der Waals surface area contributed by atoms with E-state index in [0.29, 0.717) is 18.1 Å². The Morgan fingerprint density at radius 1 is 0.838 bits per heavy atom. The molecule has 0 aliphatic heterocycles. The number of nitrogens with zero attached hydrogens (tertiary/aromatic N) is 3. The van der Waals surface area contributed by atoms with Crippen molar-refractivity contribution in [3.8, 4) is 11.3 Å². The number of anilines is 2. The number of carbonyl (C=O) groups is 1. The van der Waals surface area contributed by atoms with Gasteiger partial charge < -0.3 is 10.6 Å². The maximum absolute atomic E-state index is 13.2. The first-order valence-corrected chi connectivity index (χ1v) is 12.2. The zero-order chi connectivity index (χ0) is 25.5. The summed E-state index contributed by atoms with van der Waals surface area (Å²) in [5, 5.41) is 6.40. The number of hydrogen-bond donors (Lipinski definition) is 2. The number of amides is 1. The molecule has 0 aliphatic rings. The Morgan fingerprint density at radius 3 is 2.24 bits per heavy atom. The van der Waals surface area contributed by atoms with Gasteiger partial charge in [-0.3, -0.25) is 9.78 Å². The largest absolute Gasteiger partial charge is 0.351 e. The van der Waals surface area contributed by atoms with E-state index < -0.39 is 0 Å². The van der Waals surface area contributed by atoms with E-state index in [9.17, 15) is 4.79 Å². The maximum Gasteiger partial charge on any atom is 0.251 e. The number of nitrogens with one attached hydrogen (secondary N) is 2. The SMILES string of the molecule is Cc1ccc(C(=O)NCC(c2ccccc2)c2ccccc2)cc1Nc1nccc(-c2cccnc2)n1. The first-order chi connectivity index (χ1) is 18.2. The highest BCUT2D eigenvalue weighted by Crippen LogP contribution is 2.25. The van der Waals surface area contributed by atoms with Crippen molar-refractivity contribution in [3.63, 3.8) is 0 Å². The standard InChI is InChI=1S/C31H27N5O/c1-22-14-15-25(19-29(22)36-31-33-18-16-28(35-31)26-13-8-17-32-20-26)30(37)34-21-27(23-9-4-2-5-10-23)24-11-6-3-7-12-24/h2-20,27H,21H2,1H3,(H,34,37)(H,33,35,36). The van der Waals surface area contributed by atoms with Gasteiger partial charge in [-0.05, 0) is 53.9 Å². The second-order valence-electron chi connectivity index (χ2n) is 8.75. The average molecular weight is 486 g/mol. The van der Waals surface area contributed by atoms with Crippen LogP contribution in [0.5, 0.6) is 0 Å². The van der Waals surface area contributed by atoms with E-state index >= 15 is 0 Å². The molecule has 3 aromatic carbocycles. The first kappa shape index (κ1) is 23.9. The van der Waals surface area contributed by atoms with Gasteiger partial charge in [0.2, 0.25) is 5.95 Å². The van der Waals surface area contributed by atoms with Gasteiger partial charge in [-0.15, -0.1) is 0 Å². The minimum absolute atomic E-state index is 0.0537. The summed E-state index contributed by atoms with van der Waals surface area (Å²) in [6, 6.07) is 31.7. The van der Waals surface area contributed by atoms with Crippen LogP contribution < -0.4 is 10.6 Å². The van der Waals surface area contributed by atoms with Crippen LogP contribution in [0.2, 0.25) is 0 Å². The van der Waals surface area contributed by atoms with Crippen molar-refractivity contribution in [2.75, 3.05) is 11.9 Å². The molecule has 0 unspecified atom stereocenters. The van der Waals surface area contributed by atoms with E-state index in [2.05, 4.69) is 49.9 Å². The second-order valence-corrected chi connectivity index (χ2v) is 8.75. The van der Waals surface area contributed by atoms with Crippen molar-refractivity contribution in [2.24, 2.45) is 0 Å². The molecule has 0 bridgehead atoms. The number of aromatic nitrogens is 3. The molecule has 0 atom stereocenters. The van der Waals surface area contributed by atoms with Crippen molar-refractivity contribution in [1.82, 2.24) is 20.3 Å². The van der Waals surface area contributed by atoms with Crippen LogP contribution in [-0.2, 0) is 0 Å². The second kappa shape index (κ2) is 11.3. The highest BCUT2D eigenvalue weighted by Gasteiger charge is 2.16. The van der Waals surface area contributed by atoms with Crippen LogP contribution in [0.1, 0.15) is 33.0 Å². The quantitative estimate of drug-likeness (QED) is 0.275. The molecule has 6 nitrogen and oxygen atoms in total. The third-order valence-electron chi connectivity index (χ3n) is 6.23. The Bertz CT molecular complexity index is 1430. The van der Waals surface area contributed by atoms with Crippen LogP contribution in [0, 0.1) is 6.92 Å². The fourth-order valence-electron chi connectivity index (χ4n) is 4.21. The van der Waals surface area contributed by atoms with E-state index in [1.54, 1.807) is 18.6 Å². The van der Waals surface area contributed by atoms with Crippen molar-refractivity contribution in [1.29, 1.82) is 0 Å². The van der Waals surface area contributed by atoms with Gasteiger partial charge in [-0.1, -0.05) is 66.7 Å². The summed E-state index contributed by atoms with van der Waals surface area (Å²) in [4.78, 5) is 26.3. The summed E-state index contributed by atoms with van der Waals surface area (Å²) >= 11 is 0. The zero-order valence-electron chi connectivity index (χ0n) is 20.5. The number of rotatable bonds is 8. The van der Waals surface area contributed by atoms with Gasteiger partial charge in [-0.2, -0.15) is 0 Å². The summed E-state index contributed by atoms with van der Waals surface area (Å²) < 4.78 is 0. The van der Waals surface area contributed by atoms with E-state index in [1.165, 1.54) is 0 Å². The monoisotopic (exact) mass is 485 g/mol. The molecule has 0 spiro atoms. The van der Waals surface area contributed by atoms with Crippen LogP contribution in [0.4, 0.5) is 11.6 Å². The summed E-state index contributed by atoms with van der Waals surface area (Å²) in [6.07, 6.45) is 5.20. The van der Waals surface area contributed by atoms with Crippen LogP contribution in [0.3, 0.4) is 0 Å². The molecule has 0 saturated carbocycles. The smallest absolute Gasteiger partial charge is 0.251 e. The van der Waals surface area contributed by atoms with Crippen LogP contribution in [-0.4, -0.2) is 27.4 Å². The number of benzene rings is 3. The van der Waals surface area contributed by atoms with E-state index in [1.807, 2.05) is 79.7 Å². The lowest BCUT2D eigenvalue weighted by atomic mass is 9.91. The first-order valence-electron chi connectivity index (χ1n) is 12.2. The van der Waals surface area contributed by atoms with Crippen LogP contribution >= 0.6 is 0 Å². The molecule has 0 aliphatic carbocycles. The third kappa shape index (κ3) is 5.87. The number of pyridine rings is 1. The minimum atomic E-state index is -0.134. The molecule has 37 heavy (non-hydrogen) atoms. The molecule has 2 aromatic heterocycles. The lowest BCUT2D eigenvalue weighted by Crippen LogP contribution is -2.29. The van der Waals surface area contributed by atoms with Gasteiger partial charge in [0.05, 0.1) is 5.69 Å². The van der Waals surface area contributed by atoms with Crippen molar-refractivity contribution < 1.29 is 4.79 Å². The Kier molecular flexibility index (Phi) is 7.27. The number of hydrogen-bond acceptors (Lipinski definition) is 5. The molecule has 0 radical (unpaired) electrons. The predicted molar refractivity (Wildman–Crippen MR) is 147 cm³/mol. The predicted octanol–water partition coefficient (Wildman–Crippen LogP) is 6.15. The highest BCUT2D eigenvalue weighted by molar-refractivity contribution is 5.95. The van der Waals surface area contributed by atoms with Crippen LogP contribution in [0.15, 0.2) is 116 Å². The Balaban J connectivity index is 1.33. The lowest BCUT2D eigenvalue weighted by Gasteiger charge is -2.19. The van der Waals surface area contributed by atoms with Crippen LogP contribution in [0.25, 0.3) is 11.3 Å². The highest BCUT2D eigenvalue weighted by atomic mass is 16.1. The molecule has 182 valence electrons. The molecule has 5 rings (SSSR count). The van der Waals surface area contributed by atoms with Gasteiger partial charge >= 0.3 is 0 Å². The summed E-state index contributed by atoms with van der Waals surface area (Å²) in [5.74, 6) is 0.373. The zero-order valence-corrected chi connectivity index (χ0v) is 20.5. The fourth-order valence-corrected chi connectivity index (χ4v) is 4.21. The summed E-state index contributed by atoms with van der Waals surface area (Å²) in [5.41, 5.74) is 6.32. The van der Waals surface area contributed by atoms with E-state index in [4.69, 9.17) is 0 Å². The van der Waals surface area contributed by atoms with Crippen molar-refractivity contribution in [2.45, 2.75) is 12.8 Å². The third-order valence-corrected chi connectivity index (χ3v) is 6.23.